The van der Waals surface area contributed by atoms with Gasteiger partial charge < -0.3 is 52.1 Å². The smallest absolute Gasteiger partial charge is 0.332 e. The van der Waals surface area contributed by atoms with Gasteiger partial charge >= 0.3 is 11.9 Å². The zero-order valence-electron chi connectivity index (χ0n) is 25.7. The summed E-state index contributed by atoms with van der Waals surface area (Å²) in [5, 5.41) is 0. The Bertz CT molecular complexity index is 584. The molecular formula is C28H54O13. The molecule has 0 aromatic rings. The molecule has 0 aliphatic carbocycles. The van der Waals surface area contributed by atoms with E-state index in [0.717, 1.165) is 12.8 Å². The molecule has 244 valence electrons. The molecule has 0 spiro atoms. The van der Waals surface area contributed by atoms with Gasteiger partial charge in [0.2, 0.25) is 0 Å². The van der Waals surface area contributed by atoms with Crippen LogP contribution in [-0.4, -0.2) is 143 Å². The first-order chi connectivity index (χ1) is 19.8. The molecule has 0 fully saturated rings. The maximum atomic E-state index is 11.5. The Morgan fingerprint density at radius 3 is 1.02 bits per heavy atom. The van der Waals surface area contributed by atoms with E-state index in [1.165, 1.54) is 0 Å². The second kappa shape index (κ2) is 30.1. The van der Waals surface area contributed by atoms with Crippen LogP contribution in [0.3, 0.4) is 0 Å². The van der Waals surface area contributed by atoms with Crippen LogP contribution in [0, 0.1) is 0 Å². The lowest BCUT2D eigenvalue weighted by atomic mass is 10.2. The van der Waals surface area contributed by atoms with E-state index in [9.17, 15) is 9.59 Å². The van der Waals surface area contributed by atoms with E-state index < -0.39 is 5.60 Å². The number of hydrogen-bond acceptors (Lipinski definition) is 13. The van der Waals surface area contributed by atoms with Gasteiger partial charge in [-0.1, -0.05) is 13.3 Å². The topological polar surface area (TPSA) is 136 Å². The number of unbranched alkanes of at least 4 members (excludes halogenated alkanes) is 1. The molecular weight excluding hydrogens is 544 g/mol. The molecule has 0 atom stereocenters. The fourth-order valence-corrected chi connectivity index (χ4v) is 2.71. The highest BCUT2D eigenvalue weighted by Gasteiger charge is 2.15. The van der Waals surface area contributed by atoms with Crippen LogP contribution in [0.4, 0.5) is 0 Å². The molecule has 0 aromatic heterocycles. The monoisotopic (exact) mass is 598 g/mol. The number of esters is 2. The van der Waals surface area contributed by atoms with Crippen LogP contribution in [0.2, 0.25) is 0 Å². The molecule has 0 rings (SSSR count). The van der Waals surface area contributed by atoms with Gasteiger partial charge in [0.1, 0.15) is 18.8 Å². The molecule has 0 aliphatic rings. The number of hydrogen-bond donors (Lipinski definition) is 0. The molecule has 0 saturated carbocycles. The zero-order chi connectivity index (χ0) is 30.3. The zero-order valence-corrected chi connectivity index (χ0v) is 25.7. The van der Waals surface area contributed by atoms with E-state index in [2.05, 4.69) is 0 Å². The molecule has 13 heteroatoms. The summed E-state index contributed by atoms with van der Waals surface area (Å²) in [6.07, 6.45) is 1.85. The van der Waals surface area contributed by atoms with Crippen molar-refractivity contribution in [2.75, 3.05) is 126 Å². The fraction of sp³-hybridized carbons (Fsp3) is 0.929. The van der Waals surface area contributed by atoms with Gasteiger partial charge in [0.25, 0.3) is 0 Å². The highest BCUT2D eigenvalue weighted by Crippen LogP contribution is 2.06. The van der Waals surface area contributed by atoms with Gasteiger partial charge in [-0.2, -0.15) is 0 Å². The highest BCUT2D eigenvalue weighted by molar-refractivity contribution is 5.71. The average molecular weight is 599 g/mol. The summed E-state index contributed by atoms with van der Waals surface area (Å²) in [6, 6.07) is 0. The van der Waals surface area contributed by atoms with Gasteiger partial charge in [0.15, 0.2) is 0 Å². The van der Waals surface area contributed by atoms with Crippen molar-refractivity contribution < 1.29 is 61.7 Å². The summed E-state index contributed by atoms with van der Waals surface area (Å²) in [6.45, 7) is 14.8. The third-order valence-electron chi connectivity index (χ3n) is 4.60. The lowest BCUT2D eigenvalue weighted by Gasteiger charge is -2.19. The molecule has 0 heterocycles. The summed E-state index contributed by atoms with van der Waals surface area (Å²) < 4.78 is 58.4. The minimum Gasteiger partial charge on any atom is -0.464 e. The Hall–Kier alpha value is -1.42. The van der Waals surface area contributed by atoms with E-state index in [1.807, 2.05) is 27.7 Å². The number of ether oxygens (including phenoxy) is 11. The van der Waals surface area contributed by atoms with Crippen molar-refractivity contribution in [2.24, 2.45) is 0 Å². The van der Waals surface area contributed by atoms with Crippen molar-refractivity contribution in [3.63, 3.8) is 0 Å². The van der Waals surface area contributed by atoms with Gasteiger partial charge in [-0.05, 0) is 27.2 Å². The Morgan fingerprint density at radius 1 is 0.439 bits per heavy atom. The molecule has 41 heavy (non-hydrogen) atoms. The molecule has 0 aliphatic heterocycles. The average Bonchev–Trinajstić information content (AvgIpc) is 2.91. The van der Waals surface area contributed by atoms with Crippen molar-refractivity contribution in [1.82, 2.24) is 0 Å². The van der Waals surface area contributed by atoms with Gasteiger partial charge in [0, 0.05) is 0 Å². The van der Waals surface area contributed by atoms with Crippen molar-refractivity contribution >= 4 is 11.9 Å². The summed E-state index contributed by atoms with van der Waals surface area (Å²) in [7, 11) is 0. The first-order valence-corrected chi connectivity index (χ1v) is 14.4. The Kier molecular flexibility index (Phi) is 29.0. The van der Waals surface area contributed by atoms with E-state index >= 15 is 0 Å². The molecule has 0 N–H and O–H groups in total. The third-order valence-corrected chi connectivity index (χ3v) is 4.60. The lowest BCUT2D eigenvalue weighted by molar-refractivity contribution is -0.160. The van der Waals surface area contributed by atoms with Crippen LogP contribution in [0.25, 0.3) is 0 Å². The predicted molar refractivity (Wildman–Crippen MR) is 149 cm³/mol. The van der Waals surface area contributed by atoms with Crippen LogP contribution in [0.1, 0.15) is 40.5 Å². The molecule has 0 aromatic carbocycles. The molecule has 0 amide bonds. The summed E-state index contributed by atoms with van der Waals surface area (Å²) in [4.78, 5) is 22.8. The lowest BCUT2D eigenvalue weighted by Crippen LogP contribution is -2.27. The largest absolute Gasteiger partial charge is 0.464 e. The van der Waals surface area contributed by atoms with Gasteiger partial charge in [-0.3, -0.25) is 0 Å². The quantitative estimate of drug-likeness (QED) is 0.0849. The molecule has 0 unspecified atom stereocenters. The Morgan fingerprint density at radius 2 is 0.732 bits per heavy atom. The van der Waals surface area contributed by atoms with Crippen molar-refractivity contribution in [3.05, 3.63) is 0 Å². The predicted octanol–water partition coefficient (Wildman–Crippen LogP) is 1.82. The van der Waals surface area contributed by atoms with Crippen molar-refractivity contribution in [1.29, 1.82) is 0 Å². The Balaban J connectivity index is 3.14. The summed E-state index contributed by atoms with van der Waals surface area (Å²) in [5.74, 6) is -0.737. The molecule has 0 radical (unpaired) electrons. The second-order valence-corrected chi connectivity index (χ2v) is 9.55. The number of rotatable bonds is 31. The maximum absolute atomic E-state index is 11.5. The third kappa shape index (κ3) is 34.7. The summed E-state index contributed by atoms with van der Waals surface area (Å²) in [5.41, 5.74) is -0.512. The molecule has 13 nitrogen and oxygen atoms in total. The standard InChI is InChI=1S/C28H54O13/c1-5-6-7-40-26(29)24-38-22-20-36-18-16-34-14-12-32-10-8-31-9-11-33-13-15-35-17-19-37-21-23-39-25-27(30)41-28(2,3)4/h5-25H2,1-4H3. The first kappa shape index (κ1) is 39.6. The van der Waals surface area contributed by atoms with Crippen molar-refractivity contribution in [3.8, 4) is 0 Å². The summed E-state index contributed by atoms with van der Waals surface area (Å²) >= 11 is 0. The van der Waals surface area contributed by atoms with Crippen molar-refractivity contribution in [2.45, 2.75) is 46.1 Å². The second-order valence-electron chi connectivity index (χ2n) is 9.55. The number of carbonyl (C=O) groups excluding carboxylic acids is 2. The number of carbonyl (C=O) groups is 2. The van der Waals surface area contributed by atoms with Crippen LogP contribution in [0.5, 0.6) is 0 Å². The van der Waals surface area contributed by atoms with Crippen LogP contribution < -0.4 is 0 Å². The van der Waals surface area contributed by atoms with E-state index in [4.69, 9.17) is 52.1 Å². The molecule has 0 bridgehead atoms. The van der Waals surface area contributed by atoms with Crippen LogP contribution in [-0.2, 0) is 61.7 Å². The molecule has 0 saturated heterocycles. The van der Waals surface area contributed by atoms with Gasteiger partial charge in [-0.25, -0.2) is 9.59 Å². The Labute approximate surface area is 245 Å². The van der Waals surface area contributed by atoms with Gasteiger partial charge in [-0.15, -0.1) is 0 Å². The van der Waals surface area contributed by atoms with Crippen LogP contribution in [0.15, 0.2) is 0 Å². The maximum Gasteiger partial charge on any atom is 0.332 e. The minimum atomic E-state index is -0.512. The van der Waals surface area contributed by atoms with Gasteiger partial charge in [0.05, 0.1) is 112 Å². The van der Waals surface area contributed by atoms with E-state index in [0.29, 0.717) is 112 Å². The minimum absolute atomic E-state index is 0.0523. The first-order valence-electron chi connectivity index (χ1n) is 14.4. The highest BCUT2D eigenvalue weighted by atomic mass is 16.6. The normalized spacial score (nSPS) is 11.6. The van der Waals surface area contributed by atoms with E-state index in [1.54, 1.807) is 0 Å². The van der Waals surface area contributed by atoms with Crippen LogP contribution >= 0.6 is 0 Å². The SMILES string of the molecule is CCCCOC(=O)COCCOCCOCCOCCOCCOCCOCCOCCOCC(=O)OC(C)(C)C. The van der Waals surface area contributed by atoms with E-state index in [-0.39, 0.29) is 25.2 Å². The fourth-order valence-electron chi connectivity index (χ4n) is 2.71.